The first-order chi connectivity index (χ1) is 9.23. The van der Waals surface area contributed by atoms with Crippen LogP contribution in [0.1, 0.15) is 33.3 Å². The van der Waals surface area contributed by atoms with Crippen LogP contribution in [0.3, 0.4) is 0 Å². The molecular weight excluding hydrogens is 276 g/mol. The van der Waals surface area contributed by atoms with E-state index in [1.54, 1.807) is 12.1 Å². The lowest BCUT2D eigenvalue weighted by Crippen LogP contribution is -2.19. The van der Waals surface area contributed by atoms with E-state index in [9.17, 15) is 14.9 Å². The number of nitro groups is 1. The zero-order chi connectivity index (χ0) is 15.3. The lowest BCUT2D eigenvalue weighted by Gasteiger charge is -2.17. The molecule has 0 radical (unpaired) electrons. The summed E-state index contributed by atoms with van der Waals surface area (Å²) in [6.45, 7) is 7.96. The Kier molecular flexibility index (Phi) is 5.56. The summed E-state index contributed by atoms with van der Waals surface area (Å²) >= 11 is 1.53. The topological polar surface area (TPSA) is 72.2 Å². The van der Waals surface area contributed by atoms with Gasteiger partial charge in [0.05, 0.1) is 10.7 Å². The van der Waals surface area contributed by atoms with Gasteiger partial charge in [0.2, 0.25) is 5.91 Å². The average molecular weight is 296 g/mol. The molecule has 1 aromatic rings. The molecule has 0 aliphatic heterocycles. The van der Waals surface area contributed by atoms with Crippen molar-refractivity contribution in [2.75, 3.05) is 11.1 Å². The summed E-state index contributed by atoms with van der Waals surface area (Å²) in [7, 11) is 0. The van der Waals surface area contributed by atoms with E-state index in [2.05, 4.69) is 5.32 Å². The van der Waals surface area contributed by atoms with Gasteiger partial charge in [-0.3, -0.25) is 14.9 Å². The van der Waals surface area contributed by atoms with E-state index in [-0.39, 0.29) is 16.3 Å². The second kappa shape index (κ2) is 6.74. The van der Waals surface area contributed by atoms with Gasteiger partial charge in [-0.25, -0.2) is 0 Å². The molecule has 110 valence electrons. The molecule has 0 atom stereocenters. The fourth-order valence-electron chi connectivity index (χ4n) is 1.59. The molecule has 1 aromatic carbocycles. The van der Waals surface area contributed by atoms with Crippen LogP contribution in [0.15, 0.2) is 18.2 Å². The van der Waals surface area contributed by atoms with Crippen LogP contribution in [0, 0.1) is 10.1 Å². The predicted octanol–water partition coefficient (Wildman–Crippen LogP) is 3.63. The van der Waals surface area contributed by atoms with E-state index in [1.807, 2.05) is 27.7 Å². The number of rotatable bonds is 5. The third kappa shape index (κ3) is 5.21. The first-order valence-electron chi connectivity index (χ1n) is 6.44. The second-order valence-corrected chi connectivity index (χ2v) is 7.21. The van der Waals surface area contributed by atoms with E-state index in [4.69, 9.17) is 0 Å². The first kappa shape index (κ1) is 16.5. The number of nitro benzene ring substituents is 1. The van der Waals surface area contributed by atoms with Crippen molar-refractivity contribution in [3.8, 4) is 0 Å². The number of aryl methyl sites for hydroxylation is 1. The molecule has 0 heterocycles. The molecule has 0 saturated carbocycles. The largest absolute Gasteiger partial charge is 0.325 e. The number of hydrogen-bond acceptors (Lipinski definition) is 4. The Morgan fingerprint density at radius 2 is 2.05 bits per heavy atom. The number of benzene rings is 1. The van der Waals surface area contributed by atoms with Crippen molar-refractivity contribution in [2.45, 2.75) is 38.9 Å². The van der Waals surface area contributed by atoms with Gasteiger partial charge in [-0.05, 0) is 12.5 Å². The summed E-state index contributed by atoms with van der Waals surface area (Å²) in [5.74, 6) is 0.177. The monoisotopic (exact) mass is 296 g/mol. The fourth-order valence-corrected chi connectivity index (χ4v) is 2.23. The van der Waals surface area contributed by atoms with Crippen molar-refractivity contribution in [2.24, 2.45) is 0 Å². The molecule has 0 fully saturated rings. The zero-order valence-electron chi connectivity index (χ0n) is 12.2. The molecule has 20 heavy (non-hydrogen) atoms. The highest BCUT2D eigenvalue weighted by Crippen LogP contribution is 2.25. The molecule has 0 aliphatic carbocycles. The highest BCUT2D eigenvalue weighted by molar-refractivity contribution is 8.01. The SMILES string of the molecule is CCc1ccc(NC(=O)CSC(C)(C)C)cc1[N+](=O)[O-]. The number of anilines is 1. The molecule has 1 amide bonds. The van der Waals surface area contributed by atoms with Crippen molar-refractivity contribution < 1.29 is 9.72 Å². The maximum absolute atomic E-state index is 11.8. The second-order valence-electron chi connectivity index (χ2n) is 5.40. The summed E-state index contributed by atoms with van der Waals surface area (Å²) < 4.78 is 0.00933. The summed E-state index contributed by atoms with van der Waals surface area (Å²) in [6.07, 6.45) is 0.588. The van der Waals surface area contributed by atoms with Gasteiger partial charge in [0.1, 0.15) is 0 Å². The van der Waals surface area contributed by atoms with E-state index in [1.165, 1.54) is 17.8 Å². The van der Waals surface area contributed by atoms with Crippen molar-refractivity contribution >= 4 is 29.0 Å². The third-order valence-corrected chi connectivity index (χ3v) is 3.86. The minimum Gasteiger partial charge on any atom is -0.325 e. The Morgan fingerprint density at radius 3 is 2.55 bits per heavy atom. The first-order valence-corrected chi connectivity index (χ1v) is 7.42. The molecule has 0 saturated heterocycles. The molecule has 0 unspecified atom stereocenters. The van der Waals surface area contributed by atoms with Crippen LogP contribution in [0.2, 0.25) is 0 Å². The summed E-state index contributed by atoms with van der Waals surface area (Å²) in [5, 5.41) is 13.7. The quantitative estimate of drug-likeness (QED) is 0.665. The summed E-state index contributed by atoms with van der Waals surface area (Å²) in [5.41, 5.74) is 1.18. The van der Waals surface area contributed by atoms with Gasteiger partial charge in [-0.2, -0.15) is 0 Å². The average Bonchev–Trinajstić information content (AvgIpc) is 2.35. The number of amides is 1. The van der Waals surface area contributed by atoms with Crippen molar-refractivity contribution in [3.63, 3.8) is 0 Å². The number of carbonyl (C=O) groups is 1. The van der Waals surface area contributed by atoms with Gasteiger partial charge in [0.25, 0.3) is 5.69 Å². The third-order valence-electron chi connectivity index (χ3n) is 2.58. The number of thioether (sulfide) groups is 1. The lowest BCUT2D eigenvalue weighted by atomic mass is 10.1. The van der Waals surface area contributed by atoms with Gasteiger partial charge in [-0.1, -0.05) is 33.8 Å². The van der Waals surface area contributed by atoms with Gasteiger partial charge in [-0.15, -0.1) is 11.8 Å². The van der Waals surface area contributed by atoms with E-state index < -0.39 is 4.92 Å². The molecule has 5 nitrogen and oxygen atoms in total. The maximum Gasteiger partial charge on any atom is 0.274 e. The van der Waals surface area contributed by atoms with E-state index >= 15 is 0 Å². The Bertz CT molecular complexity index is 510. The van der Waals surface area contributed by atoms with Crippen molar-refractivity contribution in [3.05, 3.63) is 33.9 Å². The molecule has 0 aromatic heterocycles. The van der Waals surface area contributed by atoms with Gasteiger partial charge in [0, 0.05) is 22.1 Å². The Labute approximate surface area is 123 Å². The minimum atomic E-state index is -0.418. The number of nitrogens with one attached hydrogen (secondary N) is 1. The van der Waals surface area contributed by atoms with Crippen LogP contribution < -0.4 is 5.32 Å². The van der Waals surface area contributed by atoms with Crippen LogP contribution >= 0.6 is 11.8 Å². The highest BCUT2D eigenvalue weighted by atomic mass is 32.2. The Hall–Kier alpha value is -1.56. The standard InChI is InChI=1S/C14H20N2O3S/c1-5-10-6-7-11(8-12(10)16(18)19)15-13(17)9-20-14(2,3)4/h6-8H,5,9H2,1-4H3,(H,15,17). The molecule has 1 N–H and O–H groups in total. The van der Waals surface area contributed by atoms with Crippen LogP contribution in [0.25, 0.3) is 0 Å². The van der Waals surface area contributed by atoms with E-state index in [0.29, 0.717) is 23.4 Å². The highest BCUT2D eigenvalue weighted by Gasteiger charge is 2.16. The number of hydrogen-bond donors (Lipinski definition) is 1. The number of nitrogens with zero attached hydrogens (tertiary/aromatic N) is 1. The van der Waals surface area contributed by atoms with Gasteiger partial charge >= 0.3 is 0 Å². The van der Waals surface area contributed by atoms with Crippen LogP contribution in [-0.4, -0.2) is 21.3 Å². The Balaban J connectivity index is 2.76. The summed E-state index contributed by atoms with van der Waals surface area (Å²) in [4.78, 5) is 22.3. The minimum absolute atomic E-state index is 0.00933. The van der Waals surface area contributed by atoms with Gasteiger partial charge < -0.3 is 5.32 Å². The van der Waals surface area contributed by atoms with Crippen molar-refractivity contribution in [1.29, 1.82) is 0 Å². The number of carbonyl (C=O) groups excluding carboxylic acids is 1. The molecule has 1 rings (SSSR count). The molecule has 0 spiro atoms. The zero-order valence-corrected chi connectivity index (χ0v) is 13.0. The molecular formula is C14H20N2O3S. The molecule has 6 heteroatoms. The van der Waals surface area contributed by atoms with Gasteiger partial charge in [0.15, 0.2) is 0 Å². The van der Waals surface area contributed by atoms with E-state index in [0.717, 1.165) is 0 Å². The fraction of sp³-hybridized carbons (Fsp3) is 0.500. The van der Waals surface area contributed by atoms with Crippen LogP contribution in [-0.2, 0) is 11.2 Å². The molecule has 0 bridgehead atoms. The summed E-state index contributed by atoms with van der Waals surface area (Å²) in [6, 6.07) is 4.80. The normalized spacial score (nSPS) is 11.2. The van der Waals surface area contributed by atoms with Crippen LogP contribution in [0.5, 0.6) is 0 Å². The predicted molar refractivity (Wildman–Crippen MR) is 83.3 cm³/mol. The van der Waals surface area contributed by atoms with Crippen molar-refractivity contribution in [1.82, 2.24) is 0 Å². The maximum atomic E-state index is 11.8. The lowest BCUT2D eigenvalue weighted by molar-refractivity contribution is -0.385. The van der Waals surface area contributed by atoms with Crippen LogP contribution in [0.4, 0.5) is 11.4 Å². The smallest absolute Gasteiger partial charge is 0.274 e. The molecule has 0 aliphatic rings. The Morgan fingerprint density at radius 1 is 1.40 bits per heavy atom.